The van der Waals surface area contributed by atoms with Gasteiger partial charge in [0.15, 0.2) is 0 Å². The van der Waals surface area contributed by atoms with Crippen LogP contribution in [0.15, 0.2) is 12.5 Å². The Bertz CT molecular complexity index is 307. The van der Waals surface area contributed by atoms with Crippen LogP contribution in [-0.2, 0) is 0 Å². The standard InChI is InChI=1S/C11H19N3O/c1-2-5-13-10(7-15)11-6-12-8-14(11)9-3-4-9/h6,8-10,13,15H,2-5,7H2,1H3. The number of hydrogen-bond acceptors (Lipinski definition) is 3. The van der Waals surface area contributed by atoms with Crippen LogP contribution >= 0.6 is 0 Å². The Morgan fingerprint density at radius 1 is 1.67 bits per heavy atom. The van der Waals surface area contributed by atoms with E-state index in [1.54, 1.807) is 0 Å². The minimum Gasteiger partial charge on any atom is -0.394 e. The van der Waals surface area contributed by atoms with Gasteiger partial charge < -0.3 is 15.0 Å². The van der Waals surface area contributed by atoms with Gasteiger partial charge >= 0.3 is 0 Å². The molecule has 1 aromatic heterocycles. The van der Waals surface area contributed by atoms with E-state index >= 15 is 0 Å². The second-order valence-corrected chi connectivity index (χ2v) is 4.15. The Morgan fingerprint density at radius 3 is 3.07 bits per heavy atom. The van der Waals surface area contributed by atoms with Gasteiger partial charge in [0, 0.05) is 12.2 Å². The van der Waals surface area contributed by atoms with E-state index in [1.807, 2.05) is 12.5 Å². The van der Waals surface area contributed by atoms with Crippen LogP contribution in [0, 0.1) is 0 Å². The van der Waals surface area contributed by atoms with Crippen molar-refractivity contribution in [3.05, 3.63) is 18.2 Å². The molecule has 4 heteroatoms. The molecule has 2 rings (SSSR count). The first-order valence-electron chi connectivity index (χ1n) is 5.72. The van der Waals surface area contributed by atoms with Crippen LogP contribution in [0.4, 0.5) is 0 Å². The van der Waals surface area contributed by atoms with Crippen molar-refractivity contribution in [1.82, 2.24) is 14.9 Å². The lowest BCUT2D eigenvalue weighted by molar-refractivity contribution is 0.239. The van der Waals surface area contributed by atoms with Crippen molar-refractivity contribution in [1.29, 1.82) is 0 Å². The summed E-state index contributed by atoms with van der Waals surface area (Å²) in [7, 11) is 0. The fourth-order valence-corrected chi connectivity index (χ4v) is 1.82. The second kappa shape index (κ2) is 4.77. The largest absolute Gasteiger partial charge is 0.394 e. The Kier molecular flexibility index (Phi) is 3.38. The Hall–Kier alpha value is -0.870. The van der Waals surface area contributed by atoms with Gasteiger partial charge in [0.1, 0.15) is 0 Å². The highest BCUT2D eigenvalue weighted by Crippen LogP contribution is 2.36. The van der Waals surface area contributed by atoms with E-state index in [1.165, 1.54) is 12.8 Å². The molecule has 0 bridgehead atoms. The highest BCUT2D eigenvalue weighted by molar-refractivity contribution is 5.09. The first-order valence-corrected chi connectivity index (χ1v) is 5.72. The molecule has 0 aromatic carbocycles. The maximum atomic E-state index is 9.35. The quantitative estimate of drug-likeness (QED) is 0.741. The monoisotopic (exact) mass is 209 g/mol. The summed E-state index contributed by atoms with van der Waals surface area (Å²) in [5, 5.41) is 12.7. The molecule has 4 nitrogen and oxygen atoms in total. The zero-order chi connectivity index (χ0) is 10.7. The fourth-order valence-electron chi connectivity index (χ4n) is 1.82. The molecule has 1 aromatic rings. The minimum absolute atomic E-state index is 0.0352. The topological polar surface area (TPSA) is 50.1 Å². The smallest absolute Gasteiger partial charge is 0.0951 e. The summed E-state index contributed by atoms with van der Waals surface area (Å²) in [5.41, 5.74) is 1.12. The van der Waals surface area contributed by atoms with Crippen molar-refractivity contribution in [3.8, 4) is 0 Å². The van der Waals surface area contributed by atoms with E-state index in [9.17, 15) is 5.11 Å². The van der Waals surface area contributed by atoms with Crippen molar-refractivity contribution in [2.24, 2.45) is 0 Å². The summed E-state index contributed by atoms with van der Waals surface area (Å²) in [6, 6.07) is 0.660. The fraction of sp³-hybridized carbons (Fsp3) is 0.727. The number of aliphatic hydroxyl groups excluding tert-OH is 1. The first-order chi connectivity index (χ1) is 7.36. The third kappa shape index (κ3) is 2.38. The molecular weight excluding hydrogens is 190 g/mol. The number of aliphatic hydroxyl groups is 1. The maximum Gasteiger partial charge on any atom is 0.0951 e. The molecule has 0 amide bonds. The van der Waals surface area contributed by atoms with E-state index in [0.29, 0.717) is 6.04 Å². The Morgan fingerprint density at radius 2 is 2.47 bits per heavy atom. The van der Waals surface area contributed by atoms with E-state index in [-0.39, 0.29) is 12.6 Å². The highest BCUT2D eigenvalue weighted by atomic mass is 16.3. The average Bonchev–Trinajstić information content (AvgIpc) is 2.99. The number of nitrogens with one attached hydrogen (secondary N) is 1. The molecule has 2 N–H and O–H groups in total. The highest BCUT2D eigenvalue weighted by Gasteiger charge is 2.27. The molecule has 1 aliphatic rings. The Labute approximate surface area is 90.3 Å². The predicted molar refractivity (Wildman–Crippen MR) is 58.6 cm³/mol. The summed E-state index contributed by atoms with van der Waals surface area (Å²) in [5.74, 6) is 0. The lowest BCUT2D eigenvalue weighted by Gasteiger charge is -2.17. The average molecular weight is 209 g/mol. The normalized spacial score (nSPS) is 18.0. The van der Waals surface area contributed by atoms with Crippen molar-refractivity contribution in [3.63, 3.8) is 0 Å². The van der Waals surface area contributed by atoms with Gasteiger partial charge in [0.2, 0.25) is 0 Å². The van der Waals surface area contributed by atoms with Gasteiger partial charge in [0.25, 0.3) is 0 Å². The van der Waals surface area contributed by atoms with Crippen LogP contribution in [0.1, 0.15) is 44.0 Å². The molecular formula is C11H19N3O. The lowest BCUT2D eigenvalue weighted by Crippen LogP contribution is -2.27. The second-order valence-electron chi connectivity index (χ2n) is 4.15. The first kappa shape index (κ1) is 10.6. The molecule has 0 saturated heterocycles. The van der Waals surface area contributed by atoms with Gasteiger partial charge in [-0.1, -0.05) is 6.92 Å². The molecule has 1 saturated carbocycles. The third-order valence-electron chi connectivity index (χ3n) is 2.82. The molecule has 0 radical (unpaired) electrons. The van der Waals surface area contributed by atoms with Crippen molar-refractivity contribution in [2.45, 2.75) is 38.3 Å². The molecule has 84 valence electrons. The van der Waals surface area contributed by atoms with Gasteiger partial charge in [-0.3, -0.25) is 0 Å². The van der Waals surface area contributed by atoms with Gasteiger partial charge in [-0.15, -0.1) is 0 Å². The van der Waals surface area contributed by atoms with Gasteiger partial charge in [-0.25, -0.2) is 4.98 Å². The summed E-state index contributed by atoms with van der Waals surface area (Å²) in [6.45, 7) is 3.19. The number of nitrogens with zero attached hydrogens (tertiary/aromatic N) is 2. The van der Waals surface area contributed by atoms with E-state index in [2.05, 4.69) is 21.8 Å². The number of imidazole rings is 1. The third-order valence-corrected chi connectivity index (χ3v) is 2.82. The van der Waals surface area contributed by atoms with Crippen LogP contribution in [0.25, 0.3) is 0 Å². The number of hydrogen-bond donors (Lipinski definition) is 2. The van der Waals surface area contributed by atoms with Crippen LogP contribution in [0.5, 0.6) is 0 Å². The van der Waals surface area contributed by atoms with E-state index < -0.39 is 0 Å². The molecule has 15 heavy (non-hydrogen) atoms. The number of rotatable bonds is 6. The summed E-state index contributed by atoms with van der Waals surface area (Å²) >= 11 is 0. The lowest BCUT2D eigenvalue weighted by atomic mass is 10.2. The van der Waals surface area contributed by atoms with E-state index in [4.69, 9.17) is 0 Å². The molecule has 1 aliphatic carbocycles. The van der Waals surface area contributed by atoms with Crippen molar-refractivity contribution < 1.29 is 5.11 Å². The zero-order valence-corrected chi connectivity index (χ0v) is 9.19. The molecule has 1 heterocycles. The summed E-state index contributed by atoms with van der Waals surface area (Å²) < 4.78 is 2.20. The van der Waals surface area contributed by atoms with Gasteiger partial charge in [0.05, 0.1) is 24.7 Å². The van der Waals surface area contributed by atoms with Crippen molar-refractivity contribution >= 4 is 0 Å². The van der Waals surface area contributed by atoms with Gasteiger partial charge in [-0.2, -0.15) is 0 Å². The Balaban J connectivity index is 2.07. The van der Waals surface area contributed by atoms with E-state index in [0.717, 1.165) is 18.7 Å². The number of aromatic nitrogens is 2. The minimum atomic E-state index is 0.0352. The molecule has 1 unspecified atom stereocenters. The van der Waals surface area contributed by atoms with Gasteiger partial charge in [-0.05, 0) is 25.8 Å². The molecule has 1 atom stereocenters. The van der Waals surface area contributed by atoms with Crippen molar-refractivity contribution in [2.75, 3.05) is 13.2 Å². The van der Waals surface area contributed by atoms with Crippen LogP contribution in [0.2, 0.25) is 0 Å². The van der Waals surface area contributed by atoms with Crippen LogP contribution in [0.3, 0.4) is 0 Å². The molecule has 0 aliphatic heterocycles. The molecule has 0 spiro atoms. The van der Waals surface area contributed by atoms with Crippen LogP contribution < -0.4 is 5.32 Å². The van der Waals surface area contributed by atoms with Crippen LogP contribution in [-0.4, -0.2) is 27.8 Å². The predicted octanol–water partition coefficient (Wildman–Crippen LogP) is 1.25. The summed E-state index contributed by atoms with van der Waals surface area (Å²) in [4.78, 5) is 4.17. The zero-order valence-electron chi connectivity index (χ0n) is 9.19. The molecule has 1 fully saturated rings. The SMILES string of the molecule is CCCNC(CO)c1cncn1C1CC1. The summed E-state index contributed by atoms with van der Waals surface area (Å²) in [6.07, 6.45) is 7.31. The maximum absolute atomic E-state index is 9.35.